The molecule has 0 radical (unpaired) electrons. The minimum absolute atomic E-state index is 0.684. The van der Waals surface area contributed by atoms with Gasteiger partial charge in [0.05, 0.1) is 5.02 Å². The smallest absolute Gasteiger partial charge is 0.0545 e. The molecule has 134 valence electrons. The van der Waals surface area contributed by atoms with E-state index in [0.29, 0.717) is 5.92 Å². The van der Waals surface area contributed by atoms with Crippen molar-refractivity contribution in [3.05, 3.63) is 59.2 Å². The van der Waals surface area contributed by atoms with Crippen molar-refractivity contribution in [1.29, 1.82) is 0 Å². The summed E-state index contributed by atoms with van der Waals surface area (Å²) in [6, 6.07) is 15.6. The zero-order valence-electron chi connectivity index (χ0n) is 14.7. The van der Waals surface area contributed by atoms with E-state index in [2.05, 4.69) is 40.3 Å². The normalized spacial score (nSPS) is 23.4. The Balaban J connectivity index is 1.45. The van der Waals surface area contributed by atoms with Gasteiger partial charge in [-0.3, -0.25) is 0 Å². The molecule has 4 heteroatoms. The van der Waals surface area contributed by atoms with Crippen LogP contribution in [0.25, 0.3) is 10.9 Å². The summed E-state index contributed by atoms with van der Waals surface area (Å²) in [4.78, 5) is 8.57. The van der Waals surface area contributed by atoms with Gasteiger partial charge >= 0.3 is 0 Å². The molecular weight excluding hydrogens is 360 g/mol. The Morgan fingerprint density at radius 1 is 1.08 bits per heavy atom. The molecule has 26 heavy (non-hydrogen) atoms. The third-order valence-corrected chi connectivity index (χ3v) is 7.52. The molecule has 0 amide bonds. The summed E-state index contributed by atoms with van der Waals surface area (Å²) in [6.07, 6.45) is 7.61. The topological polar surface area (TPSA) is 19.0 Å². The third kappa shape index (κ3) is 3.06. The Hall–Kier alpha value is -1.42. The number of aromatic amines is 1. The SMILES string of the molecule is Clc1ccccc1Sc1ccc2[nH]cc(C3CCN4CCCC4C3)c2c1. The fourth-order valence-corrected chi connectivity index (χ4v) is 5.81. The number of fused-ring (bicyclic) bond motifs is 2. The molecule has 1 aromatic heterocycles. The van der Waals surface area contributed by atoms with Crippen molar-refractivity contribution in [3.8, 4) is 0 Å². The van der Waals surface area contributed by atoms with Gasteiger partial charge in [0.25, 0.3) is 0 Å². The summed E-state index contributed by atoms with van der Waals surface area (Å²) in [7, 11) is 0. The van der Waals surface area contributed by atoms with Crippen molar-refractivity contribution in [2.75, 3.05) is 13.1 Å². The van der Waals surface area contributed by atoms with Gasteiger partial charge in [-0.2, -0.15) is 0 Å². The number of rotatable bonds is 3. The molecule has 0 bridgehead atoms. The third-order valence-electron chi connectivity index (χ3n) is 6.01. The second-order valence-electron chi connectivity index (χ2n) is 7.54. The van der Waals surface area contributed by atoms with Crippen LogP contribution in [0.1, 0.15) is 37.2 Å². The Labute approximate surface area is 163 Å². The predicted molar refractivity (Wildman–Crippen MR) is 110 cm³/mol. The first-order valence-corrected chi connectivity index (χ1v) is 10.7. The summed E-state index contributed by atoms with van der Waals surface area (Å²) < 4.78 is 0. The number of piperidine rings is 1. The maximum atomic E-state index is 6.34. The minimum atomic E-state index is 0.684. The van der Waals surface area contributed by atoms with Crippen LogP contribution in [-0.2, 0) is 0 Å². The molecule has 2 saturated heterocycles. The molecule has 2 aromatic carbocycles. The van der Waals surface area contributed by atoms with Crippen LogP contribution >= 0.6 is 23.4 Å². The Bertz CT molecular complexity index is 935. The average Bonchev–Trinajstić information content (AvgIpc) is 3.29. The molecular formula is C22H23ClN2S. The van der Waals surface area contributed by atoms with Crippen LogP contribution in [0.5, 0.6) is 0 Å². The van der Waals surface area contributed by atoms with E-state index in [1.165, 1.54) is 60.1 Å². The number of halogens is 1. The van der Waals surface area contributed by atoms with Gasteiger partial charge in [0.15, 0.2) is 0 Å². The van der Waals surface area contributed by atoms with Crippen molar-refractivity contribution in [2.24, 2.45) is 0 Å². The number of benzene rings is 2. The second kappa shape index (κ2) is 6.95. The Morgan fingerprint density at radius 3 is 2.92 bits per heavy atom. The number of nitrogens with zero attached hydrogens (tertiary/aromatic N) is 1. The fraction of sp³-hybridized carbons (Fsp3) is 0.364. The molecule has 0 spiro atoms. The van der Waals surface area contributed by atoms with Crippen molar-refractivity contribution in [3.63, 3.8) is 0 Å². The van der Waals surface area contributed by atoms with E-state index in [9.17, 15) is 0 Å². The maximum Gasteiger partial charge on any atom is 0.0545 e. The number of hydrogen-bond donors (Lipinski definition) is 1. The quantitative estimate of drug-likeness (QED) is 0.572. The van der Waals surface area contributed by atoms with Gasteiger partial charge in [0.1, 0.15) is 0 Å². The molecule has 2 aliphatic rings. The minimum Gasteiger partial charge on any atom is -0.361 e. The summed E-state index contributed by atoms with van der Waals surface area (Å²) in [5, 5.41) is 2.21. The van der Waals surface area contributed by atoms with E-state index in [0.717, 1.165) is 16.0 Å². The number of hydrogen-bond acceptors (Lipinski definition) is 2. The number of aromatic nitrogens is 1. The summed E-state index contributed by atoms with van der Waals surface area (Å²) in [5.41, 5.74) is 2.76. The standard InChI is InChI=1S/C22H23ClN2S/c23-20-5-1-2-6-22(20)26-17-7-8-21-18(13-17)19(14-24-21)15-9-11-25-10-3-4-16(25)12-15/h1-2,5-8,13-16,24H,3-4,9-12H2. The largest absolute Gasteiger partial charge is 0.361 e. The van der Waals surface area contributed by atoms with Gasteiger partial charge in [-0.05, 0) is 80.6 Å². The molecule has 2 atom stereocenters. The van der Waals surface area contributed by atoms with Crippen LogP contribution < -0.4 is 0 Å². The number of H-pyrrole nitrogens is 1. The van der Waals surface area contributed by atoms with Gasteiger partial charge in [-0.15, -0.1) is 0 Å². The average molecular weight is 383 g/mol. The van der Waals surface area contributed by atoms with Crippen LogP contribution in [0.2, 0.25) is 5.02 Å². The molecule has 3 heterocycles. The Kier molecular flexibility index (Phi) is 4.48. The first-order chi connectivity index (χ1) is 12.8. The van der Waals surface area contributed by atoms with E-state index in [-0.39, 0.29) is 0 Å². The lowest BCUT2D eigenvalue weighted by molar-refractivity contribution is 0.181. The van der Waals surface area contributed by atoms with Crippen molar-refractivity contribution in [2.45, 2.75) is 47.4 Å². The van der Waals surface area contributed by atoms with E-state index in [4.69, 9.17) is 11.6 Å². The van der Waals surface area contributed by atoms with Crippen molar-refractivity contribution < 1.29 is 0 Å². The van der Waals surface area contributed by atoms with E-state index >= 15 is 0 Å². The molecule has 2 fully saturated rings. The van der Waals surface area contributed by atoms with Crippen LogP contribution in [0.4, 0.5) is 0 Å². The monoisotopic (exact) mass is 382 g/mol. The highest BCUT2D eigenvalue weighted by Crippen LogP contribution is 2.40. The van der Waals surface area contributed by atoms with Crippen LogP contribution in [0.15, 0.2) is 58.5 Å². The first-order valence-electron chi connectivity index (χ1n) is 9.55. The predicted octanol–water partition coefficient (Wildman–Crippen LogP) is 6.31. The maximum absolute atomic E-state index is 6.34. The van der Waals surface area contributed by atoms with Crippen LogP contribution in [0, 0.1) is 0 Å². The highest BCUT2D eigenvalue weighted by Gasteiger charge is 2.33. The van der Waals surface area contributed by atoms with E-state index in [1.54, 1.807) is 11.8 Å². The van der Waals surface area contributed by atoms with Crippen molar-refractivity contribution >= 4 is 34.3 Å². The van der Waals surface area contributed by atoms with Crippen molar-refractivity contribution in [1.82, 2.24) is 9.88 Å². The molecule has 0 saturated carbocycles. The molecule has 2 unspecified atom stereocenters. The molecule has 2 nitrogen and oxygen atoms in total. The number of nitrogens with one attached hydrogen (secondary N) is 1. The van der Waals surface area contributed by atoms with E-state index in [1.807, 2.05) is 18.2 Å². The van der Waals surface area contributed by atoms with Gasteiger partial charge in [-0.25, -0.2) is 0 Å². The first kappa shape index (κ1) is 16.7. The highest BCUT2D eigenvalue weighted by molar-refractivity contribution is 7.99. The summed E-state index contributed by atoms with van der Waals surface area (Å²) in [6.45, 7) is 2.57. The summed E-state index contributed by atoms with van der Waals surface area (Å²) in [5.74, 6) is 0.684. The fourth-order valence-electron chi connectivity index (χ4n) is 4.68. The lowest BCUT2D eigenvalue weighted by Gasteiger charge is -2.34. The molecule has 5 rings (SSSR count). The molecule has 3 aromatic rings. The zero-order valence-corrected chi connectivity index (χ0v) is 16.3. The molecule has 2 aliphatic heterocycles. The van der Waals surface area contributed by atoms with Gasteiger partial charge in [0.2, 0.25) is 0 Å². The second-order valence-corrected chi connectivity index (χ2v) is 9.06. The molecule has 0 aliphatic carbocycles. The van der Waals surface area contributed by atoms with Gasteiger partial charge in [0, 0.05) is 32.9 Å². The Morgan fingerprint density at radius 2 is 2.00 bits per heavy atom. The zero-order chi connectivity index (χ0) is 17.5. The highest BCUT2D eigenvalue weighted by atomic mass is 35.5. The van der Waals surface area contributed by atoms with Gasteiger partial charge < -0.3 is 9.88 Å². The van der Waals surface area contributed by atoms with E-state index < -0.39 is 0 Å². The van der Waals surface area contributed by atoms with Crippen LogP contribution in [0.3, 0.4) is 0 Å². The summed E-state index contributed by atoms with van der Waals surface area (Å²) >= 11 is 8.09. The lowest BCUT2D eigenvalue weighted by Crippen LogP contribution is -2.37. The lowest BCUT2D eigenvalue weighted by atomic mass is 9.85. The van der Waals surface area contributed by atoms with Gasteiger partial charge in [-0.1, -0.05) is 35.5 Å². The molecule has 1 N–H and O–H groups in total. The van der Waals surface area contributed by atoms with Crippen LogP contribution in [-0.4, -0.2) is 29.0 Å².